The normalized spacial score (nSPS) is 12.2. The van der Waals surface area contributed by atoms with E-state index in [-0.39, 0.29) is 17.4 Å². The summed E-state index contributed by atoms with van der Waals surface area (Å²) < 4.78 is 7.83. The standard InChI is InChI=1S/C25H24N4O4/c1-13-9-17(15(3)27-20-8-6-5-7-16(20)25(31)32)23-18(10-13)22(30)19(11-26)24(33-23)21-14(2)12-29(4)28-21/h5-10,12,15,25,27,31-32H,1-4H3/t15-/m1/s1. The van der Waals surface area contributed by atoms with Crippen LogP contribution in [0.2, 0.25) is 0 Å². The summed E-state index contributed by atoms with van der Waals surface area (Å²) in [6, 6.07) is 12.1. The summed E-state index contributed by atoms with van der Waals surface area (Å²) in [5.41, 5.74) is 3.48. The topological polar surface area (TPSA) is 124 Å². The van der Waals surface area contributed by atoms with E-state index >= 15 is 0 Å². The van der Waals surface area contributed by atoms with Crippen LogP contribution in [-0.2, 0) is 7.05 Å². The zero-order chi connectivity index (χ0) is 23.9. The van der Waals surface area contributed by atoms with Crippen LogP contribution < -0.4 is 10.7 Å². The van der Waals surface area contributed by atoms with Crippen LogP contribution in [0.4, 0.5) is 5.69 Å². The Morgan fingerprint density at radius 2 is 1.91 bits per heavy atom. The number of aliphatic hydroxyl groups excluding tert-OH is 1. The fourth-order valence-electron chi connectivity index (χ4n) is 4.06. The quantitative estimate of drug-likeness (QED) is 0.400. The number of benzene rings is 2. The van der Waals surface area contributed by atoms with Gasteiger partial charge in [-0.15, -0.1) is 0 Å². The number of aromatic nitrogens is 2. The first kappa shape index (κ1) is 22.3. The van der Waals surface area contributed by atoms with Crippen LogP contribution >= 0.6 is 0 Å². The van der Waals surface area contributed by atoms with E-state index in [1.165, 1.54) is 0 Å². The number of hydrogen-bond acceptors (Lipinski definition) is 7. The third-order valence-electron chi connectivity index (χ3n) is 5.58. The van der Waals surface area contributed by atoms with Crippen molar-refractivity contribution >= 4 is 16.7 Å². The maximum absolute atomic E-state index is 13.3. The van der Waals surface area contributed by atoms with Gasteiger partial charge in [-0.2, -0.15) is 10.4 Å². The van der Waals surface area contributed by atoms with Gasteiger partial charge in [0, 0.05) is 30.1 Å². The Balaban J connectivity index is 1.94. The Morgan fingerprint density at radius 1 is 1.18 bits per heavy atom. The summed E-state index contributed by atoms with van der Waals surface area (Å²) in [6.07, 6.45) is 0.155. The van der Waals surface area contributed by atoms with Crippen molar-refractivity contribution in [3.8, 4) is 17.5 Å². The monoisotopic (exact) mass is 444 g/mol. The van der Waals surface area contributed by atoms with Gasteiger partial charge < -0.3 is 19.9 Å². The highest BCUT2D eigenvalue weighted by atomic mass is 16.5. The average molecular weight is 444 g/mol. The second-order valence-corrected chi connectivity index (χ2v) is 8.14. The lowest BCUT2D eigenvalue weighted by Gasteiger charge is -2.21. The zero-order valence-corrected chi connectivity index (χ0v) is 18.7. The first-order chi connectivity index (χ1) is 15.7. The zero-order valence-electron chi connectivity index (χ0n) is 18.7. The molecule has 2 heterocycles. The number of anilines is 1. The molecule has 2 aromatic heterocycles. The van der Waals surface area contributed by atoms with Gasteiger partial charge >= 0.3 is 0 Å². The molecule has 2 aromatic carbocycles. The van der Waals surface area contributed by atoms with Gasteiger partial charge in [0.05, 0.1) is 11.4 Å². The Hall–Kier alpha value is -3.93. The molecule has 0 aliphatic heterocycles. The van der Waals surface area contributed by atoms with E-state index < -0.39 is 11.7 Å². The average Bonchev–Trinajstić information content (AvgIpc) is 3.11. The third-order valence-corrected chi connectivity index (χ3v) is 5.58. The number of aryl methyl sites for hydroxylation is 3. The lowest BCUT2D eigenvalue weighted by atomic mass is 9.99. The maximum Gasteiger partial charge on any atom is 0.211 e. The van der Waals surface area contributed by atoms with Crippen molar-refractivity contribution in [3.05, 3.63) is 80.6 Å². The fourth-order valence-corrected chi connectivity index (χ4v) is 4.06. The predicted octanol–water partition coefficient (Wildman–Crippen LogP) is 3.84. The minimum absolute atomic E-state index is 0.0878. The van der Waals surface area contributed by atoms with Crippen LogP contribution in [0.1, 0.15) is 47.1 Å². The van der Waals surface area contributed by atoms with Gasteiger partial charge in [0.25, 0.3) is 0 Å². The molecule has 0 aliphatic rings. The number of rotatable bonds is 5. The molecule has 33 heavy (non-hydrogen) atoms. The van der Waals surface area contributed by atoms with Crippen molar-refractivity contribution in [2.24, 2.45) is 7.05 Å². The minimum atomic E-state index is -1.63. The van der Waals surface area contributed by atoms with Crippen molar-refractivity contribution < 1.29 is 14.6 Å². The number of aliphatic hydroxyl groups is 2. The Bertz CT molecular complexity index is 1460. The number of nitrogens with zero attached hydrogens (tertiary/aromatic N) is 3. The molecule has 0 unspecified atom stereocenters. The van der Waals surface area contributed by atoms with Gasteiger partial charge in [-0.05, 0) is 44.0 Å². The molecule has 0 spiro atoms. The van der Waals surface area contributed by atoms with Gasteiger partial charge in [-0.3, -0.25) is 9.48 Å². The summed E-state index contributed by atoms with van der Waals surface area (Å²) in [4.78, 5) is 13.3. The van der Waals surface area contributed by atoms with Crippen LogP contribution in [0.5, 0.6) is 0 Å². The van der Waals surface area contributed by atoms with Crippen molar-refractivity contribution in [2.45, 2.75) is 33.1 Å². The second-order valence-electron chi connectivity index (χ2n) is 8.14. The smallest absolute Gasteiger partial charge is 0.211 e. The molecule has 1 atom stereocenters. The molecule has 0 radical (unpaired) electrons. The Kier molecular flexibility index (Phi) is 5.77. The largest absolute Gasteiger partial charge is 0.452 e. The molecule has 4 rings (SSSR count). The Morgan fingerprint density at radius 3 is 2.55 bits per heavy atom. The molecule has 0 aliphatic carbocycles. The van der Waals surface area contributed by atoms with Gasteiger partial charge in [0.2, 0.25) is 5.43 Å². The molecule has 8 heteroatoms. The molecule has 8 nitrogen and oxygen atoms in total. The molecule has 0 amide bonds. The van der Waals surface area contributed by atoms with Crippen LogP contribution in [0.15, 0.2) is 51.8 Å². The molecule has 0 bridgehead atoms. The summed E-state index contributed by atoms with van der Waals surface area (Å²) in [5.74, 6) is 0.136. The SMILES string of the molecule is Cc1cc([C@@H](C)Nc2ccccc2C(O)O)c2oc(-c3nn(C)cc3C)c(C#N)c(=O)c2c1. The van der Waals surface area contributed by atoms with Crippen LogP contribution in [0.25, 0.3) is 22.4 Å². The van der Waals surface area contributed by atoms with E-state index in [9.17, 15) is 20.3 Å². The van der Waals surface area contributed by atoms with E-state index in [4.69, 9.17) is 4.42 Å². The molecule has 0 fully saturated rings. The van der Waals surface area contributed by atoms with E-state index in [1.54, 1.807) is 48.3 Å². The van der Waals surface area contributed by atoms with Gasteiger partial charge in [0.15, 0.2) is 12.1 Å². The van der Waals surface area contributed by atoms with Gasteiger partial charge in [0.1, 0.15) is 22.9 Å². The van der Waals surface area contributed by atoms with Crippen LogP contribution in [-0.4, -0.2) is 20.0 Å². The van der Waals surface area contributed by atoms with Crippen LogP contribution in [0.3, 0.4) is 0 Å². The number of hydrogen-bond donors (Lipinski definition) is 3. The molecule has 0 saturated carbocycles. The summed E-state index contributed by atoms with van der Waals surface area (Å²) in [6.45, 7) is 5.59. The van der Waals surface area contributed by atoms with E-state index in [2.05, 4.69) is 10.4 Å². The van der Waals surface area contributed by atoms with E-state index in [0.29, 0.717) is 33.5 Å². The van der Waals surface area contributed by atoms with Crippen molar-refractivity contribution in [2.75, 3.05) is 5.32 Å². The van der Waals surface area contributed by atoms with Crippen molar-refractivity contribution in [1.82, 2.24) is 9.78 Å². The first-order valence-corrected chi connectivity index (χ1v) is 10.4. The number of para-hydroxylation sites is 1. The highest BCUT2D eigenvalue weighted by Crippen LogP contribution is 2.33. The van der Waals surface area contributed by atoms with Crippen molar-refractivity contribution in [3.63, 3.8) is 0 Å². The molecule has 168 valence electrons. The summed E-state index contributed by atoms with van der Waals surface area (Å²) in [5, 5.41) is 37.1. The number of nitrogens with one attached hydrogen (secondary N) is 1. The van der Waals surface area contributed by atoms with E-state index in [1.807, 2.05) is 32.9 Å². The summed E-state index contributed by atoms with van der Waals surface area (Å²) in [7, 11) is 1.76. The molecule has 3 N–H and O–H groups in total. The lowest BCUT2D eigenvalue weighted by Crippen LogP contribution is -2.14. The van der Waals surface area contributed by atoms with Crippen molar-refractivity contribution in [1.29, 1.82) is 5.26 Å². The van der Waals surface area contributed by atoms with Crippen LogP contribution in [0, 0.1) is 25.2 Å². The molecule has 4 aromatic rings. The Labute approximate surface area is 190 Å². The van der Waals surface area contributed by atoms with E-state index in [0.717, 1.165) is 11.1 Å². The highest BCUT2D eigenvalue weighted by molar-refractivity contribution is 5.85. The van der Waals surface area contributed by atoms with Gasteiger partial charge in [-0.25, -0.2) is 0 Å². The summed E-state index contributed by atoms with van der Waals surface area (Å²) >= 11 is 0. The maximum atomic E-state index is 13.3. The highest BCUT2D eigenvalue weighted by Gasteiger charge is 2.23. The number of fused-ring (bicyclic) bond motifs is 1. The lowest BCUT2D eigenvalue weighted by molar-refractivity contribution is -0.0419. The first-order valence-electron chi connectivity index (χ1n) is 10.4. The predicted molar refractivity (Wildman–Crippen MR) is 125 cm³/mol. The minimum Gasteiger partial charge on any atom is -0.452 e. The fraction of sp³-hybridized carbons (Fsp3) is 0.240. The second kappa shape index (κ2) is 8.54. The number of nitriles is 1. The third kappa shape index (κ3) is 4.00. The van der Waals surface area contributed by atoms with Gasteiger partial charge in [-0.1, -0.05) is 24.3 Å². The molecule has 0 saturated heterocycles. The molecular formula is C25H24N4O4. The molecular weight excluding hydrogens is 420 g/mol.